The second kappa shape index (κ2) is 7.66. The minimum atomic E-state index is -2.49. The summed E-state index contributed by atoms with van der Waals surface area (Å²) in [6.07, 6.45) is 6.26. The van der Waals surface area contributed by atoms with Crippen molar-refractivity contribution in [1.82, 2.24) is 29.5 Å². The Kier molecular flexibility index (Phi) is 4.90. The van der Waals surface area contributed by atoms with E-state index in [4.69, 9.17) is 9.05 Å². The third-order valence-electron chi connectivity index (χ3n) is 3.95. The van der Waals surface area contributed by atoms with Gasteiger partial charge in [0, 0.05) is 13.7 Å². The highest BCUT2D eigenvalue weighted by atomic mass is 31.2. The van der Waals surface area contributed by atoms with Gasteiger partial charge in [0.1, 0.15) is 36.8 Å². The molecule has 10 heteroatoms. The third-order valence-corrected chi connectivity index (χ3v) is 5.78. The fourth-order valence-electron chi connectivity index (χ4n) is 2.49. The molecule has 142 valence electrons. The quantitative estimate of drug-likeness (QED) is 0.463. The van der Waals surface area contributed by atoms with Gasteiger partial charge in [0.05, 0.1) is 11.4 Å². The minimum absolute atomic E-state index is 0.671. The van der Waals surface area contributed by atoms with E-state index in [2.05, 4.69) is 24.9 Å². The molecule has 4 aromatic rings. The first-order valence-corrected chi connectivity index (χ1v) is 10.4. The molecular weight excluding hydrogens is 377 g/mol. The van der Waals surface area contributed by atoms with Gasteiger partial charge in [-0.15, -0.1) is 0 Å². The number of hydrogen-bond donors (Lipinski definition) is 0. The van der Waals surface area contributed by atoms with Crippen molar-refractivity contribution in [3.8, 4) is 22.9 Å². The van der Waals surface area contributed by atoms with Crippen LogP contribution in [0.1, 0.15) is 0 Å². The van der Waals surface area contributed by atoms with Gasteiger partial charge in [0.25, 0.3) is 0 Å². The third kappa shape index (κ3) is 3.94. The molecule has 0 fully saturated rings. The van der Waals surface area contributed by atoms with Crippen molar-refractivity contribution in [3.05, 3.63) is 73.8 Å². The summed E-state index contributed by atoms with van der Waals surface area (Å²) in [7, 11) is -0.793. The minimum Gasteiger partial charge on any atom is -0.430 e. The standard InChI is InChI=1S/C18H18N7O2P/c1-19-28(2,26-17-7-3-15(4-8-17)24-13-20-11-22-24)27-18-9-5-16(6-10-18)25-14-21-12-23-25/h3-14H,1-2H3. The molecular formula is C18H18N7O2P. The van der Waals surface area contributed by atoms with Gasteiger partial charge in [-0.2, -0.15) is 10.2 Å². The average Bonchev–Trinajstić information content (AvgIpc) is 3.43. The fourth-order valence-corrected chi connectivity index (χ4v) is 3.72. The van der Waals surface area contributed by atoms with Crippen molar-refractivity contribution < 1.29 is 9.05 Å². The van der Waals surface area contributed by atoms with Crippen molar-refractivity contribution in [2.45, 2.75) is 0 Å². The predicted molar refractivity (Wildman–Crippen MR) is 105 cm³/mol. The van der Waals surface area contributed by atoms with Gasteiger partial charge in [-0.3, -0.25) is 0 Å². The molecule has 0 aliphatic heterocycles. The Hall–Kier alpha value is -3.45. The van der Waals surface area contributed by atoms with Crippen LogP contribution in [0.3, 0.4) is 0 Å². The van der Waals surface area contributed by atoms with Gasteiger partial charge in [-0.25, -0.2) is 24.1 Å². The molecule has 0 bridgehead atoms. The Bertz CT molecular complexity index is 992. The van der Waals surface area contributed by atoms with Crippen LogP contribution in [-0.2, 0) is 0 Å². The smallest absolute Gasteiger partial charge is 0.310 e. The summed E-state index contributed by atoms with van der Waals surface area (Å²) >= 11 is 0. The zero-order chi connectivity index (χ0) is 19.4. The Labute approximate surface area is 161 Å². The summed E-state index contributed by atoms with van der Waals surface area (Å²) in [5, 5.41) is 8.21. The zero-order valence-electron chi connectivity index (χ0n) is 15.3. The number of hydrogen-bond acceptors (Lipinski definition) is 7. The van der Waals surface area contributed by atoms with Crippen molar-refractivity contribution in [2.24, 2.45) is 4.74 Å². The summed E-state index contributed by atoms with van der Waals surface area (Å²) in [4.78, 5) is 7.89. The van der Waals surface area contributed by atoms with E-state index in [-0.39, 0.29) is 0 Å². The predicted octanol–water partition coefficient (Wildman–Crippen LogP) is 3.60. The van der Waals surface area contributed by atoms with Crippen LogP contribution in [0.2, 0.25) is 0 Å². The highest BCUT2D eigenvalue weighted by molar-refractivity contribution is 7.56. The van der Waals surface area contributed by atoms with Gasteiger partial charge < -0.3 is 9.05 Å². The highest BCUT2D eigenvalue weighted by Gasteiger charge is 2.17. The van der Waals surface area contributed by atoms with Crippen LogP contribution < -0.4 is 9.05 Å². The molecule has 0 aliphatic rings. The molecule has 0 saturated carbocycles. The lowest BCUT2D eigenvalue weighted by molar-refractivity contribution is 0.481. The Morgan fingerprint density at radius 2 is 1.18 bits per heavy atom. The Balaban J connectivity index is 1.48. The van der Waals surface area contributed by atoms with Crippen molar-refractivity contribution in [3.63, 3.8) is 0 Å². The summed E-state index contributed by atoms with van der Waals surface area (Å²) in [5.41, 5.74) is 1.78. The molecule has 0 N–H and O–H groups in total. The summed E-state index contributed by atoms with van der Waals surface area (Å²) in [6, 6.07) is 15.0. The van der Waals surface area contributed by atoms with E-state index in [0.29, 0.717) is 11.5 Å². The van der Waals surface area contributed by atoms with Gasteiger partial charge in [-0.1, -0.05) is 0 Å². The zero-order valence-corrected chi connectivity index (χ0v) is 16.2. The summed E-state index contributed by atoms with van der Waals surface area (Å²) < 4.78 is 19.9. The van der Waals surface area contributed by atoms with E-state index in [0.717, 1.165) is 11.4 Å². The maximum Gasteiger partial charge on any atom is 0.310 e. The van der Waals surface area contributed by atoms with Gasteiger partial charge >= 0.3 is 7.51 Å². The van der Waals surface area contributed by atoms with E-state index in [1.165, 1.54) is 12.7 Å². The monoisotopic (exact) mass is 395 g/mol. The number of aromatic nitrogens is 6. The summed E-state index contributed by atoms with van der Waals surface area (Å²) in [5.74, 6) is 1.34. The Morgan fingerprint density at radius 3 is 1.50 bits per heavy atom. The molecule has 0 spiro atoms. The van der Waals surface area contributed by atoms with E-state index in [9.17, 15) is 0 Å². The lowest BCUT2D eigenvalue weighted by Gasteiger charge is -2.21. The van der Waals surface area contributed by atoms with E-state index >= 15 is 0 Å². The van der Waals surface area contributed by atoms with Crippen LogP contribution in [-0.4, -0.2) is 43.2 Å². The number of rotatable bonds is 6. The second-order valence-electron chi connectivity index (χ2n) is 5.85. The largest absolute Gasteiger partial charge is 0.430 e. The normalized spacial score (nSPS) is 11.2. The molecule has 2 heterocycles. The Morgan fingerprint density at radius 1 is 0.750 bits per heavy atom. The lowest BCUT2D eigenvalue weighted by Crippen LogP contribution is -2.01. The molecule has 0 aliphatic carbocycles. The molecule has 28 heavy (non-hydrogen) atoms. The molecule has 0 amide bonds. The van der Waals surface area contributed by atoms with E-state index in [1.807, 2.05) is 55.2 Å². The molecule has 2 aromatic heterocycles. The molecule has 0 unspecified atom stereocenters. The van der Waals surface area contributed by atoms with Crippen LogP contribution in [0.15, 0.2) is 78.6 Å². The molecule has 0 radical (unpaired) electrons. The van der Waals surface area contributed by atoms with Gasteiger partial charge in [0.15, 0.2) is 0 Å². The average molecular weight is 395 g/mol. The lowest BCUT2D eigenvalue weighted by atomic mass is 10.3. The second-order valence-corrected chi connectivity index (χ2v) is 8.22. The fraction of sp³-hybridized carbons (Fsp3) is 0.111. The van der Waals surface area contributed by atoms with Crippen LogP contribution in [0.4, 0.5) is 0 Å². The van der Waals surface area contributed by atoms with Gasteiger partial charge in [-0.05, 0) is 48.5 Å². The van der Waals surface area contributed by atoms with E-state index in [1.54, 1.807) is 29.1 Å². The molecule has 9 nitrogen and oxygen atoms in total. The maximum absolute atomic E-state index is 6.08. The molecule has 2 aromatic carbocycles. The molecule has 0 saturated heterocycles. The first-order chi connectivity index (χ1) is 13.6. The van der Waals surface area contributed by atoms with Crippen LogP contribution in [0.5, 0.6) is 11.5 Å². The van der Waals surface area contributed by atoms with Gasteiger partial charge in [0.2, 0.25) is 0 Å². The number of nitrogens with zero attached hydrogens (tertiary/aromatic N) is 7. The van der Waals surface area contributed by atoms with Crippen molar-refractivity contribution in [2.75, 3.05) is 13.7 Å². The SMILES string of the molecule is CN=P(C)(Oc1ccc(-n2cncn2)cc1)Oc1ccc(-n2cncn2)cc1. The first-order valence-electron chi connectivity index (χ1n) is 8.42. The van der Waals surface area contributed by atoms with Crippen LogP contribution in [0.25, 0.3) is 11.4 Å². The maximum atomic E-state index is 6.08. The summed E-state index contributed by atoms with van der Waals surface area (Å²) in [6.45, 7) is 1.86. The number of benzene rings is 2. The van der Waals surface area contributed by atoms with Crippen LogP contribution in [0, 0.1) is 0 Å². The first kappa shape index (κ1) is 17.9. The van der Waals surface area contributed by atoms with Crippen LogP contribution >= 0.6 is 7.51 Å². The topological polar surface area (TPSA) is 92.2 Å². The highest BCUT2D eigenvalue weighted by Crippen LogP contribution is 2.48. The van der Waals surface area contributed by atoms with Crippen molar-refractivity contribution >= 4 is 7.51 Å². The molecule has 4 rings (SSSR count). The molecule has 0 atom stereocenters. The van der Waals surface area contributed by atoms with Crippen molar-refractivity contribution in [1.29, 1.82) is 0 Å². The van der Waals surface area contributed by atoms with E-state index < -0.39 is 7.51 Å².